The van der Waals surface area contributed by atoms with E-state index in [9.17, 15) is 14.0 Å². The lowest BCUT2D eigenvalue weighted by atomic mass is 10.2. The Morgan fingerprint density at radius 3 is 2.31 bits per heavy atom. The number of carbonyl (C=O) groups excluding carboxylic acids is 2. The van der Waals surface area contributed by atoms with Gasteiger partial charge in [-0.2, -0.15) is 0 Å². The maximum Gasteiger partial charge on any atom is 0.226 e. The Bertz CT molecular complexity index is 881. The molecule has 1 heterocycles. The maximum atomic E-state index is 14.0. The molecule has 0 radical (unpaired) electrons. The molecule has 5 nitrogen and oxygen atoms in total. The summed E-state index contributed by atoms with van der Waals surface area (Å²) in [6.45, 7) is 2.88. The Balaban J connectivity index is 1.28. The van der Waals surface area contributed by atoms with E-state index in [0.717, 1.165) is 5.56 Å². The molecule has 2 aromatic carbocycles. The molecule has 0 bridgehead atoms. The van der Waals surface area contributed by atoms with Gasteiger partial charge in [0, 0.05) is 39.8 Å². The first-order valence-corrected chi connectivity index (χ1v) is 10.1. The highest BCUT2D eigenvalue weighted by Gasteiger charge is 2.50. The summed E-state index contributed by atoms with van der Waals surface area (Å²) in [7, 11) is 1.79. The topological polar surface area (TPSA) is 43.9 Å². The molecular formula is C23H26FN3O2. The number of anilines is 1. The average Bonchev–Trinajstić information content (AvgIpc) is 3.55. The molecule has 2 aliphatic rings. The van der Waals surface area contributed by atoms with Crippen LogP contribution in [0, 0.1) is 17.7 Å². The number of para-hydroxylation sites is 1. The van der Waals surface area contributed by atoms with Gasteiger partial charge in [-0.15, -0.1) is 0 Å². The zero-order chi connectivity index (χ0) is 20.4. The van der Waals surface area contributed by atoms with Crippen LogP contribution in [0.4, 0.5) is 10.1 Å². The lowest BCUT2D eigenvalue weighted by Crippen LogP contribution is -2.49. The minimum Gasteiger partial charge on any atom is -0.366 e. The van der Waals surface area contributed by atoms with Crippen LogP contribution in [0.1, 0.15) is 12.0 Å². The molecule has 2 amide bonds. The summed E-state index contributed by atoms with van der Waals surface area (Å²) in [6.07, 6.45) is 0.629. The van der Waals surface area contributed by atoms with Crippen LogP contribution in [0.25, 0.3) is 0 Å². The lowest BCUT2D eigenvalue weighted by molar-refractivity contribution is -0.137. The van der Waals surface area contributed by atoms with E-state index in [0.29, 0.717) is 44.8 Å². The fourth-order valence-electron chi connectivity index (χ4n) is 4.07. The predicted molar refractivity (Wildman–Crippen MR) is 110 cm³/mol. The monoisotopic (exact) mass is 395 g/mol. The standard InChI is InChI=1S/C23H26FN3O2/c1-25(16-17-7-3-2-4-8-17)22(28)18-15-19(18)23(29)27-13-11-26(12-14-27)21-10-6-5-9-20(21)24/h2-10,18-19H,11-16H2,1H3. The Labute approximate surface area is 170 Å². The molecule has 0 spiro atoms. The average molecular weight is 395 g/mol. The highest BCUT2D eigenvalue weighted by molar-refractivity contribution is 5.92. The van der Waals surface area contributed by atoms with Crippen LogP contribution >= 0.6 is 0 Å². The van der Waals surface area contributed by atoms with Gasteiger partial charge >= 0.3 is 0 Å². The number of piperazine rings is 1. The van der Waals surface area contributed by atoms with Crippen molar-refractivity contribution in [2.45, 2.75) is 13.0 Å². The zero-order valence-electron chi connectivity index (χ0n) is 16.6. The number of carbonyl (C=O) groups is 2. The van der Waals surface area contributed by atoms with Gasteiger partial charge in [0.25, 0.3) is 0 Å². The van der Waals surface area contributed by atoms with E-state index in [2.05, 4.69) is 0 Å². The van der Waals surface area contributed by atoms with Gasteiger partial charge in [-0.3, -0.25) is 9.59 Å². The van der Waals surface area contributed by atoms with E-state index in [1.54, 1.807) is 24.1 Å². The second-order valence-corrected chi connectivity index (χ2v) is 7.89. The summed E-state index contributed by atoms with van der Waals surface area (Å²) in [5.74, 6) is -0.551. The van der Waals surface area contributed by atoms with Crippen molar-refractivity contribution in [3.8, 4) is 0 Å². The van der Waals surface area contributed by atoms with Crippen LogP contribution in [0.2, 0.25) is 0 Å². The van der Waals surface area contributed by atoms with Crippen molar-refractivity contribution >= 4 is 17.5 Å². The number of nitrogens with zero attached hydrogens (tertiary/aromatic N) is 3. The summed E-state index contributed by atoms with van der Waals surface area (Å²) >= 11 is 0. The second kappa shape index (κ2) is 8.23. The van der Waals surface area contributed by atoms with Gasteiger partial charge in [-0.05, 0) is 24.1 Å². The van der Waals surface area contributed by atoms with Crippen molar-refractivity contribution in [2.75, 3.05) is 38.1 Å². The van der Waals surface area contributed by atoms with Crippen molar-refractivity contribution in [1.29, 1.82) is 0 Å². The summed E-state index contributed by atoms with van der Waals surface area (Å²) in [5, 5.41) is 0. The fraction of sp³-hybridized carbons (Fsp3) is 0.391. The Hall–Kier alpha value is -2.89. The molecule has 2 fully saturated rings. The molecule has 29 heavy (non-hydrogen) atoms. The van der Waals surface area contributed by atoms with E-state index in [1.807, 2.05) is 46.2 Å². The number of rotatable bonds is 5. The first kappa shape index (κ1) is 19.4. The quantitative estimate of drug-likeness (QED) is 0.782. The smallest absolute Gasteiger partial charge is 0.226 e. The zero-order valence-corrected chi connectivity index (χ0v) is 16.6. The lowest BCUT2D eigenvalue weighted by Gasteiger charge is -2.36. The van der Waals surface area contributed by atoms with Crippen LogP contribution in [0.15, 0.2) is 54.6 Å². The van der Waals surface area contributed by atoms with E-state index in [1.165, 1.54) is 6.07 Å². The number of benzene rings is 2. The number of hydrogen-bond acceptors (Lipinski definition) is 3. The first-order valence-electron chi connectivity index (χ1n) is 10.1. The molecule has 1 saturated heterocycles. The largest absolute Gasteiger partial charge is 0.366 e. The third-order valence-electron chi connectivity index (χ3n) is 5.85. The minimum atomic E-state index is -0.235. The molecule has 1 aliphatic carbocycles. The first-order chi connectivity index (χ1) is 14.0. The fourth-order valence-corrected chi connectivity index (χ4v) is 4.07. The van der Waals surface area contributed by atoms with Gasteiger partial charge in [-0.25, -0.2) is 4.39 Å². The van der Waals surface area contributed by atoms with E-state index in [-0.39, 0.29) is 29.5 Å². The number of hydrogen-bond donors (Lipinski definition) is 0. The molecule has 2 aromatic rings. The molecule has 1 saturated carbocycles. The van der Waals surface area contributed by atoms with Crippen LogP contribution in [-0.4, -0.2) is 54.8 Å². The van der Waals surface area contributed by atoms with Gasteiger partial charge in [0.15, 0.2) is 0 Å². The Morgan fingerprint density at radius 1 is 0.966 bits per heavy atom. The normalized spacial score (nSPS) is 21.0. The van der Waals surface area contributed by atoms with Crippen molar-refractivity contribution in [1.82, 2.24) is 9.80 Å². The summed E-state index contributed by atoms with van der Waals surface area (Å²) < 4.78 is 14.0. The van der Waals surface area contributed by atoms with Crippen LogP contribution < -0.4 is 4.90 Å². The molecular weight excluding hydrogens is 369 g/mol. The molecule has 2 unspecified atom stereocenters. The van der Waals surface area contributed by atoms with Crippen molar-refractivity contribution in [2.24, 2.45) is 11.8 Å². The minimum absolute atomic E-state index is 0.0391. The number of halogens is 1. The summed E-state index contributed by atoms with van der Waals surface area (Å²) in [4.78, 5) is 31.0. The van der Waals surface area contributed by atoms with E-state index >= 15 is 0 Å². The van der Waals surface area contributed by atoms with Gasteiger partial charge in [-0.1, -0.05) is 42.5 Å². The number of amides is 2. The molecule has 6 heteroatoms. The van der Waals surface area contributed by atoms with Crippen LogP contribution in [-0.2, 0) is 16.1 Å². The van der Waals surface area contributed by atoms with Gasteiger partial charge in [0.1, 0.15) is 5.82 Å². The third kappa shape index (κ3) is 4.26. The SMILES string of the molecule is CN(Cc1ccccc1)C(=O)C1CC1C(=O)N1CCN(c2ccccc2F)CC1. The molecule has 1 aliphatic heterocycles. The highest BCUT2D eigenvalue weighted by atomic mass is 19.1. The molecule has 152 valence electrons. The van der Waals surface area contributed by atoms with Crippen molar-refractivity contribution in [3.05, 3.63) is 66.0 Å². The summed E-state index contributed by atoms with van der Waals surface area (Å²) in [5.41, 5.74) is 1.66. The molecule has 0 aromatic heterocycles. The second-order valence-electron chi connectivity index (χ2n) is 7.89. The van der Waals surface area contributed by atoms with Crippen LogP contribution in [0.5, 0.6) is 0 Å². The third-order valence-corrected chi connectivity index (χ3v) is 5.85. The molecule has 2 atom stereocenters. The maximum absolute atomic E-state index is 14.0. The van der Waals surface area contributed by atoms with E-state index in [4.69, 9.17) is 0 Å². The Morgan fingerprint density at radius 2 is 1.62 bits per heavy atom. The Kier molecular flexibility index (Phi) is 5.51. The van der Waals surface area contributed by atoms with Crippen molar-refractivity contribution < 1.29 is 14.0 Å². The molecule has 0 N–H and O–H groups in total. The predicted octanol–water partition coefficient (Wildman–Crippen LogP) is 2.77. The van der Waals surface area contributed by atoms with E-state index < -0.39 is 0 Å². The van der Waals surface area contributed by atoms with Crippen molar-refractivity contribution in [3.63, 3.8) is 0 Å². The van der Waals surface area contributed by atoms with Gasteiger partial charge in [0.05, 0.1) is 17.5 Å². The van der Waals surface area contributed by atoms with Crippen LogP contribution in [0.3, 0.4) is 0 Å². The van der Waals surface area contributed by atoms with Gasteiger partial charge < -0.3 is 14.7 Å². The molecule has 4 rings (SSSR count). The highest BCUT2D eigenvalue weighted by Crippen LogP contribution is 2.41. The summed E-state index contributed by atoms with van der Waals surface area (Å²) in [6, 6.07) is 16.6. The van der Waals surface area contributed by atoms with Gasteiger partial charge in [0.2, 0.25) is 11.8 Å².